The lowest BCUT2D eigenvalue weighted by atomic mass is 9.68. The molecule has 2 unspecified atom stereocenters. The number of benzene rings is 1. The van der Waals surface area contributed by atoms with Gasteiger partial charge in [0.25, 0.3) is 0 Å². The molecule has 0 heteroatoms. The van der Waals surface area contributed by atoms with Gasteiger partial charge in [0, 0.05) is 0 Å². The highest BCUT2D eigenvalue weighted by Crippen LogP contribution is 2.66. The van der Waals surface area contributed by atoms with Crippen molar-refractivity contribution in [3.05, 3.63) is 41.5 Å². The highest BCUT2D eigenvalue weighted by atomic mass is 14.6. The van der Waals surface area contributed by atoms with Crippen molar-refractivity contribution in [3.8, 4) is 0 Å². The molecule has 90 valence electrons. The second-order valence-corrected chi connectivity index (χ2v) is 6.69. The molecule has 2 atom stereocenters. The third kappa shape index (κ3) is 1.57. The summed E-state index contributed by atoms with van der Waals surface area (Å²) in [4.78, 5) is 0. The zero-order valence-corrected chi connectivity index (χ0v) is 11.2. The third-order valence-electron chi connectivity index (χ3n) is 5.22. The molecule has 3 rings (SSSR count). The molecule has 2 bridgehead atoms. The van der Waals surface area contributed by atoms with Gasteiger partial charge in [0.05, 0.1) is 0 Å². The predicted molar refractivity (Wildman–Crippen MR) is 73.6 cm³/mol. The summed E-state index contributed by atoms with van der Waals surface area (Å²) < 4.78 is 0. The monoisotopic (exact) mass is 226 g/mol. The van der Waals surface area contributed by atoms with Crippen LogP contribution >= 0.6 is 0 Å². The summed E-state index contributed by atoms with van der Waals surface area (Å²) in [7, 11) is 0. The summed E-state index contributed by atoms with van der Waals surface area (Å²) in [5.74, 6) is 0.905. The largest absolute Gasteiger partial charge is 0.0622 e. The van der Waals surface area contributed by atoms with Gasteiger partial charge in [0.15, 0.2) is 0 Å². The van der Waals surface area contributed by atoms with E-state index in [1.54, 1.807) is 5.57 Å². The van der Waals surface area contributed by atoms with Crippen LogP contribution in [0.15, 0.2) is 35.9 Å². The summed E-state index contributed by atoms with van der Waals surface area (Å²) >= 11 is 0. The van der Waals surface area contributed by atoms with E-state index in [0.717, 1.165) is 5.92 Å². The van der Waals surface area contributed by atoms with E-state index < -0.39 is 0 Å². The lowest BCUT2D eigenvalue weighted by molar-refractivity contribution is 0.276. The summed E-state index contributed by atoms with van der Waals surface area (Å²) in [6, 6.07) is 10.8. The van der Waals surface area contributed by atoms with Crippen LogP contribution in [-0.4, -0.2) is 0 Å². The minimum atomic E-state index is 0.406. The Labute approximate surface area is 105 Å². The summed E-state index contributed by atoms with van der Waals surface area (Å²) in [6.45, 7) is 7.35. The van der Waals surface area contributed by atoms with Crippen LogP contribution in [0.5, 0.6) is 0 Å². The van der Waals surface area contributed by atoms with E-state index >= 15 is 0 Å². The number of allylic oxidation sites excluding steroid dienone is 1. The van der Waals surface area contributed by atoms with Crippen LogP contribution in [0.1, 0.15) is 45.6 Å². The molecule has 0 N–H and O–H groups in total. The van der Waals surface area contributed by atoms with E-state index in [9.17, 15) is 0 Å². The van der Waals surface area contributed by atoms with E-state index in [1.165, 1.54) is 24.8 Å². The number of fused-ring (bicyclic) bond motifs is 2. The van der Waals surface area contributed by atoms with Crippen LogP contribution in [0.3, 0.4) is 0 Å². The Bertz CT molecular complexity index is 445. The summed E-state index contributed by atoms with van der Waals surface area (Å²) in [5.41, 5.74) is 3.93. The number of hydrogen-bond acceptors (Lipinski definition) is 0. The second kappa shape index (κ2) is 3.48. The first-order chi connectivity index (χ1) is 8.02. The molecule has 0 heterocycles. The normalized spacial score (nSPS) is 36.6. The zero-order chi connectivity index (χ0) is 12.1. The molecule has 2 aliphatic carbocycles. The molecule has 0 radical (unpaired) electrons. The van der Waals surface area contributed by atoms with E-state index in [1.807, 2.05) is 0 Å². The highest BCUT2D eigenvalue weighted by Gasteiger charge is 2.55. The first-order valence-corrected chi connectivity index (χ1v) is 6.80. The maximum absolute atomic E-state index is 2.47. The van der Waals surface area contributed by atoms with Crippen molar-refractivity contribution in [3.63, 3.8) is 0 Å². The van der Waals surface area contributed by atoms with Crippen LogP contribution in [-0.2, 0) is 0 Å². The Morgan fingerprint density at radius 1 is 1.12 bits per heavy atom. The van der Waals surface area contributed by atoms with Gasteiger partial charge in [-0.15, -0.1) is 0 Å². The van der Waals surface area contributed by atoms with Crippen molar-refractivity contribution in [2.24, 2.45) is 16.7 Å². The van der Waals surface area contributed by atoms with Gasteiger partial charge in [-0.25, -0.2) is 0 Å². The molecule has 17 heavy (non-hydrogen) atoms. The molecule has 0 aromatic heterocycles. The average Bonchev–Trinajstić information content (AvgIpc) is 2.77. The first kappa shape index (κ1) is 11.1. The Hall–Kier alpha value is -1.04. The van der Waals surface area contributed by atoms with Gasteiger partial charge in [-0.3, -0.25) is 0 Å². The van der Waals surface area contributed by atoms with E-state index in [0.29, 0.717) is 10.8 Å². The highest BCUT2D eigenvalue weighted by molar-refractivity contribution is 5.58. The minimum absolute atomic E-state index is 0.406. The van der Waals surface area contributed by atoms with Crippen LogP contribution < -0.4 is 0 Å². The lowest BCUT2D eigenvalue weighted by Gasteiger charge is -2.37. The van der Waals surface area contributed by atoms with Gasteiger partial charge >= 0.3 is 0 Å². The predicted octanol–water partition coefficient (Wildman–Crippen LogP) is 4.92. The van der Waals surface area contributed by atoms with Crippen molar-refractivity contribution >= 4 is 6.08 Å². The van der Waals surface area contributed by atoms with Crippen molar-refractivity contribution in [2.45, 2.75) is 40.0 Å². The van der Waals surface area contributed by atoms with Gasteiger partial charge in [-0.05, 0) is 41.6 Å². The fraction of sp³-hybridized carbons (Fsp3) is 0.529. The molecule has 0 amide bonds. The molecule has 2 fully saturated rings. The van der Waals surface area contributed by atoms with Crippen LogP contribution in [0.2, 0.25) is 0 Å². The minimum Gasteiger partial charge on any atom is -0.0622 e. The average molecular weight is 226 g/mol. The summed E-state index contributed by atoms with van der Waals surface area (Å²) in [5, 5.41) is 0. The molecule has 2 saturated carbocycles. The van der Waals surface area contributed by atoms with Crippen LogP contribution in [0.4, 0.5) is 0 Å². The molecular weight excluding hydrogens is 204 g/mol. The number of rotatable bonds is 1. The Balaban J connectivity index is 2.05. The molecular formula is C17H22. The maximum Gasteiger partial charge on any atom is -0.0105 e. The smallest absolute Gasteiger partial charge is 0.0105 e. The van der Waals surface area contributed by atoms with Gasteiger partial charge in [-0.2, -0.15) is 0 Å². The molecule has 0 spiro atoms. The molecule has 1 aromatic rings. The first-order valence-electron chi connectivity index (χ1n) is 6.80. The van der Waals surface area contributed by atoms with E-state index in [2.05, 4.69) is 57.2 Å². The van der Waals surface area contributed by atoms with Crippen molar-refractivity contribution in [2.75, 3.05) is 0 Å². The third-order valence-corrected chi connectivity index (χ3v) is 5.22. The van der Waals surface area contributed by atoms with Gasteiger partial charge in [0.2, 0.25) is 0 Å². The van der Waals surface area contributed by atoms with Crippen molar-refractivity contribution in [1.82, 2.24) is 0 Å². The molecule has 1 aromatic carbocycles. The Morgan fingerprint density at radius 2 is 1.82 bits per heavy atom. The molecule has 0 saturated heterocycles. The SMILES string of the molecule is CC12CCC(C1)C(C)(C)/C2=C\c1ccccc1. The van der Waals surface area contributed by atoms with Gasteiger partial charge in [-0.1, -0.05) is 62.8 Å². The Kier molecular flexibility index (Phi) is 2.26. The van der Waals surface area contributed by atoms with E-state index in [-0.39, 0.29) is 0 Å². The number of hydrogen-bond donors (Lipinski definition) is 0. The fourth-order valence-corrected chi connectivity index (χ4v) is 4.18. The molecule has 0 aliphatic heterocycles. The quantitative estimate of drug-likeness (QED) is 0.638. The topological polar surface area (TPSA) is 0 Å². The van der Waals surface area contributed by atoms with Crippen LogP contribution in [0, 0.1) is 16.7 Å². The summed E-state index contributed by atoms with van der Waals surface area (Å²) in [6.07, 6.45) is 6.67. The second-order valence-electron chi connectivity index (χ2n) is 6.69. The Morgan fingerprint density at radius 3 is 2.41 bits per heavy atom. The van der Waals surface area contributed by atoms with Crippen molar-refractivity contribution < 1.29 is 0 Å². The van der Waals surface area contributed by atoms with E-state index in [4.69, 9.17) is 0 Å². The molecule has 0 nitrogen and oxygen atoms in total. The van der Waals surface area contributed by atoms with Crippen LogP contribution in [0.25, 0.3) is 6.08 Å². The van der Waals surface area contributed by atoms with Gasteiger partial charge < -0.3 is 0 Å². The lowest BCUT2D eigenvalue weighted by Crippen LogP contribution is -2.26. The van der Waals surface area contributed by atoms with Gasteiger partial charge in [0.1, 0.15) is 0 Å². The zero-order valence-electron chi connectivity index (χ0n) is 11.2. The van der Waals surface area contributed by atoms with Crippen molar-refractivity contribution in [1.29, 1.82) is 0 Å². The fourth-order valence-electron chi connectivity index (χ4n) is 4.18. The maximum atomic E-state index is 2.47. The standard InChI is InChI=1S/C17H22/c1-16(2)14-9-10-17(3,12-14)15(16)11-13-7-5-4-6-8-13/h4-8,11,14H,9-10,12H2,1-3H3/b15-11+. The molecule has 2 aliphatic rings.